The third kappa shape index (κ3) is 6.07. The maximum absolute atomic E-state index is 12.1. The average Bonchev–Trinajstić information content (AvgIpc) is 2.53. The number of carbonyl (C=O) groups excluding carboxylic acids is 3. The lowest BCUT2D eigenvalue weighted by Gasteiger charge is -2.18. The highest BCUT2D eigenvalue weighted by molar-refractivity contribution is 5.98. The summed E-state index contributed by atoms with van der Waals surface area (Å²) < 4.78 is 0. The van der Waals surface area contributed by atoms with Crippen LogP contribution in [0.2, 0.25) is 0 Å². The molecular formula is C16H24N4O3. The molecule has 0 heterocycles. The molecule has 0 aromatic heterocycles. The molecule has 0 fully saturated rings. The minimum Gasteiger partial charge on any atom is -0.370 e. The molecule has 0 aliphatic heterocycles. The number of benzene rings is 1. The van der Waals surface area contributed by atoms with Crippen LogP contribution in [0.1, 0.15) is 37.0 Å². The molecule has 2 atom stereocenters. The van der Waals surface area contributed by atoms with E-state index in [9.17, 15) is 14.4 Å². The first-order valence-electron chi connectivity index (χ1n) is 7.58. The van der Waals surface area contributed by atoms with E-state index in [4.69, 9.17) is 11.5 Å². The van der Waals surface area contributed by atoms with Crippen LogP contribution in [0.5, 0.6) is 0 Å². The molecule has 0 aliphatic rings. The first-order chi connectivity index (χ1) is 10.8. The summed E-state index contributed by atoms with van der Waals surface area (Å²) in [6.45, 7) is 4.05. The molecule has 6 N–H and O–H groups in total. The lowest BCUT2D eigenvalue weighted by molar-refractivity contribution is -0.119. The van der Waals surface area contributed by atoms with Gasteiger partial charge in [-0.25, -0.2) is 0 Å². The van der Waals surface area contributed by atoms with Crippen molar-refractivity contribution in [2.45, 2.75) is 32.7 Å². The van der Waals surface area contributed by atoms with Gasteiger partial charge in [0.2, 0.25) is 11.8 Å². The molecule has 0 spiro atoms. The van der Waals surface area contributed by atoms with Crippen molar-refractivity contribution in [2.75, 3.05) is 11.9 Å². The Morgan fingerprint density at radius 2 is 1.96 bits per heavy atom. The van der Waals surface area contributed by atoms with Crippen LogP contribution >= 0.6 is 0 Å². The number of nitrogens with two attached hydrogens (primary N) is 2. The van der Waals surface area contributed by atoms with Crippen molar-refractivity contribution >= 4 is 23.4 Å². The summed E-state index contributed by atoms with van der Waals surface area (Å²) in [5, 5.41) is 5.29. The van der Waals surface area contributed by atoms with Crippen LogP contribution in [-0.2, 0) is 9.59 Å². The fourth-order valence-electron chi connectivity index (χ4n) is 1.88. The van der Waals surface area contributed by atoms with Gasteiger partial charge in [0.1, 0.15) is 0 Å². The molecule has 23 heavy (non-hydrogen) atoms. The maximum atomic E-state index is 12.1. The molecule has 0 saturated heterocycles. The molecule has 1 aromatic rings. The summed E-state index contributed by atoms with van der Waals surface area (Å²) in [4.78, 5) is 34.7. The van der Waals surface area contributed by atoms with E-state index in [2.05, 4.69) is 10.6 Å². The maximum Gasteiger partial charge on any atom is 0.251 e. The largest absolute Gasteiger partial charge is 0.370 e. The van der Waals surface area contributed by atoms with Gasteiger partial charge in [0.25, 0.3) is 5.91 Å². The van der Waals surface area contributed by atoms with Crippen molar-refractivity contribution in [3.05, 3.63) is 29.8 Å². The number of carbonyl (C=O) groups is 3. The van der Waals surface area contributed by atoms with Crippen LogP contribution in [0.25, 0.3) is 0 Å². The minimum absolute atomic E-state index is 0.0651. The van der Waals surface area contributed by atoms with Gasteiger partial charge in [0.15, 0.2) is 0 Å². The Hall–Kier alpha value is -2.41. The third-order valence-corrected chi connectivity index (χ3v) is 3.61. The average molecular weight is 320 g/mol. The summed E-state index contributed by atoms with van der Waals surface area (Å²) in [7, 11) is 0. The second kappa shape index (κ2) is 8.89. The van der Waals surface area contributed by atoms with Crippen LogP contribution < -0.4 is 22.1 Å². The van der Waals surface area contributed by atoms with Gasteiger partial charge >= 0.3 is 0 Å². The predicted octanol–water partition coefficient (Wildman–Crippen LogP) is 0.604. The lowest BCUT2D eigenvalue weighted by Crippen LogP contribution is -2.40. The number of nitrogens with one attached hydrogen (secondary N) is 2. The highest BCUT2D eigenvalue weighted by Crippen LogP contribution is 2.13. The minimum atomic E-state index is -0.604. The molecule has 7 nitrogen and oxygen atoms in total. The molecule has 1 aromatic carbocycles. The summed E-state index contributed by atoms with van der Waals surface area (Å²) in [6.07, 6.45) is 0.878. The SMILES string of the molecule is CCC(C)C(N)C(=O)Nc1cccc(C(=O)NCCC(N)=O)c1. The Morgan fingerprint density at radius 3 is 2.57 bits per heavy atom. The van der Waals surface area contributed by atoms with Crippen molar-refractivity contribution < 1.29 is 14.4 Å². The molecule has 2 unspecified atom stereocenters. The second-order valence-corrected chi connectivity index (χ2v) is 5.45. The van der Waals surface area contributed by atoms with Gasteiger partial charge in [-0.1, -0.05) is 26.3 Å². The Kier molecular flexibility index (Phi) is 7.21. The summed E-state index contributed by atoms with van der Waals surface area (Å²) in [5.41, 5.74) is 11.8. The molecule has 1 rings (SSSR count). The topological polar surface area (TPSA) is 127 Å². The number of amides is 3. The fraction of sp³-hybridized carbons (Fsp3) is 0.438. The third-order valence-electron chi connectivity index (χ3n) is 3.61. The summed E-state index contributed by atoms with van der Waals surface area (Å²) in [5.74, 6) is -1.04. The van der Waals surface area contributed by atoms with Crippen molar-refractivity contribution in [1.29, 1.82) is 0 Å². The smallest absolute Gasteiger partial charge is 0.251 e. The highest BCUT2D eigenvalue weighted by atomic mass is 16.2. The number of primary amides is 1. The number of rotatable bonds is 8. The van der Waals surface area contributed by atoms with Crippen molar-refractivity contribution in [3.8, 4) is 0 Å². The normalized spacial score (nSPS) is 13.0. The van der Waals surface area contributed by atoms with Crippen LogP contribution in [-0.4, -0.2) is 30.3 Å². The first kappa shape index (κ1) is 18.6. The van der Waals surface area contributed by atoms with Gasteiger partial charge in [-0.2, -0.15) is 0 Å². The molecule has 0 saturated carbocycles. The first-order valence-corrected chi connectivity index (χ1v) is 7.58. The van der Waals surface area contributed by atoms with E-state index in [1.165, 1.54) is 0 Å². The Labute approximate surface area is 135 Å². The molecule has 0 bridgehead atoms. The number of hydrogen-bond donors (Lipinski definition) is 4. The van der Waals surface area contributed by atoms with Crippen LogP contribution in [0.3, 0.4) is 0 Å². The Morgan fingerprint density at radius 1 is 1.26 bits per heavy atom. The van der Waals surface area contributed by atoms with E-state index >= 15 is 0 Å². The molecule has 0 aliphatic carbocycles. The van der Waals surface area contributed by atoms with Crippen LogP contribution in [0.15, 0.2) is 24.3 Å². The number of hydrogen-bond acceptors (Lipinski definition) is 4. The zero-order chi connectivity index (χ0) is 17.4. The van der Waals surface area contributed by atoms with Gasteiger partial charge in [-0.15, -0.1) is 0 Å². The standard InChI is InChI=1S/C16H24N4O3/c1-3-10(2)14(18)16(23)20-12-6-4-5-11(9-12)15(22)19-8-7-13(17)21/h4-6,9-10,14H,3,7-8,18H2,1-2H3,(H2,17,21)(H,19,22)(H,20,23). The monoisotopic (exact) mass is 320 g/mol. The van der Waals surface area contributed by atoms with E-state index in [1.54, 1.807) is 24.3 Å². The van der Waals surface area contributed by atoms with Crippen LogP contribution in [0.4, 0.5) is 5.69 Å². The summed E-state index contributed by atoms with van der Waals surface area (Å²) in [6, 6.07) is 5.91. The van der Waals surface area contributed by atoms with Gasteiger partial charge in [-0.05, 0) is 24.1 Å². The Balaban J connectivity index is 2.67. The zero-order valence-corrected chi connectivity index (χ0v) is 13.5. The number of anilines is 1. The van der Waals surface area contributed by atoms with Crippen molar-refractivity contribution in [1.82, 2.24) is 5.32 Å². The predicted molar refractivity (Wildman–Crippen MR) is 88.6 cm³/mol. The van der Waals surface area contributed by atoms with Gasteiger partial charge in [0.05, 0.1) is 6.04 Å². The molecule has 126 valence electrons. The van der Waals surface area contributed by atoms with Gasteiger partial charge in [0, 0.05) is 24.2 Å². The quantitative estimate of drug-likeness (QED) is 0.559. The molecule has 7 heteroatoms. The van der Waals surface area contributed by atoms with E-state index in [-0.39, 0.29) is 30.7 Å². The zero-order valence-electron chi connectivity index (χ0n) is 13.5. The van der Waals surface area contributed by atoms with E-state index in [0.29, 0.717) is 11.3 Å². The van der Waals surface area contributed by atoms with E-state index in [0.717, 1.165) is 6.42 Å². The van der Waals surface area contributed by atoms with Gasteiger partial charge < -0.3 is 22.1 Å². The van der Waals surface area contributed by atoms with E-state index in [1.807, 2.05) is 13.8 Å². The Bertz CT molecular complexity index is 574. The van der Waals surface area contributed by atoms with Crippen LogP contribution in [0, 0.1) is 5.92 Å². The molecule has 3 amide bonds. The lowest BCUT2D eigenvalue weighted by atomic mass is 9.99. The van der Waals surface area contributed by atoms with E-state index < -0.39 is 11.9 Å². The van der Waals surface area contributed by atoms with Crippen molar-refractivity contribution in [3.63, 3.8) is 0 Å². The molecular weight excluding hydrogens is 296 g/mol. The van der Waals surface area contributed by atoms with Crippen molar-refractivity contribution in [2.24, 2.45) is 17.4 Å². The fourth-order valence-corrected chi connectivity index (χ4v) is 1.88. The van der Waals surface area contributed by atoms with Gasteiger partial charge in [-0.3, -0.25) is 14.4 Å². The second-order valence-electron chi connectivity index (χ2n) is 5.45. The summed E-state index contributed by atoms with van der Waals surface area (Å²) >= 11 is 0. The molecule has 0 radical (unpaired) electrons. The highest BCUT2D eigenvalue weighted by Gasteiger charge is 2.19.